The van der Waals surface area contributed by atoms with Gasteiger partial charge in [-0.15, -0.1) is 12.1 Å². The summed E-state index contributed by atoms with van der Waals surface area (Å²) in [7, 11) is 0. The molecule has 0 fully saturated rings. The van der Waals surface area contributed by atoms with Crippen LogP contribution < -0.4 is 0 Å². The van der Waals surface area contributed by atoms with Crippen molar-refractivity contribution >= 4 is 0 Å². The van der Waals surface area contributed by atoms with Crippen LogP contribution in [-0.4, -0.2) is 29.5 Å². The van der Waals surface area contributed by atoms with Crippen molar-refractivity contribution in [2.45, 2.75) is 25.4 Å². The van der Waals surface area contributed by atoms with E-state index in [-0.39, 0.29) is 26.9 Å². The number of rotatable bonds is 4. The van der Waals surface area contributed by atoms with Gasteiger partial charge < -0.3 is 9.36 Å². The number of pyridine rings is 2. The van der Waals surface area contributed by atoms with E-state index in [1.54, 1.807) is 30.3 Å². The summed E-state index contributed by atoms with van der Waals surface area (Å²) in [6.07, 6.45) is 0.503. The predicted molar refractivity (Wildman–Crippen MR) is 97.5 cm³/mol. The number of hydrogen-bond acceptors (Lipinski definition) is 4. The quantitative estimate of drug-likeness (QED) is 0.260. The third-order valence-corrected chi connectivity index (χ3v) is 4.51. The molecule has 0 aromatic carbocycles. The van der Waals surface area contributed by atoms with Gasteiger partial charge in [-0.25, -0.2) is 5.10 Å². The Bertz CT molecular complexity index is 1200. The van der Waals surface area contributed by atoms with Gasteiger partial charge in [-0.3, -0.25) is 19.5 Å². The number of halogens is 4. The Kier molecular flexibility index (Phi) is 6.13. The van der Waals surface area contributed by atoms with Crippen molar-refractivity contribution in [3.8, 4) is 11.6 Å². The summed E-state index contributed by atoms with van der Waals surface area (Å²) < 4.78 is 53.8. The second kappa shape index (κ2) is 8.34. The molecule has 4 heterocycles. The van der Waals surface area contributed by atoms with Crippen LogP contribution in [0.2, 0.25) is 0 Å². The van der Waals surface area contributed by atoms with Crippen molar-refractivity contribution in [3.63, 3.8) is 0 Å². The summed E-state index contributed by atoms with van der Waals surface area (Å²) in [6.45, 7) is 3.74. The molecule has 0 unspecified atom stereocenters. The van der Waals surface area contributed by atoms with E-state index in [0.29, 0.717) is 17.2 Å². The largest absolute Gasteiger partial charge is 2.00 e. The summed E-state index contributed by atoms with van der Waals surface area (Å²) >= 11 is 0. The third-order valence-electron chi connectivity index (χ3n) is 4.51. The van der Waals surface area contributed by atoms with E-state index in [9.17, 15) is 17.6 Å². The van der Waals surface area contributed by atoms with Crippen LogP contribution in [0.15, 0.2) is 48.5 Å². The van der Waals surface area contributed by atoms with Crippen molar-refractivity contribution in [3.05, 3.63) is 84.0 Å². The van der Waals surface area contributed by atoms with E-state index < -0.39 is 23.2 Å². The average Bonchev–Trinajstić information content (AvgIpc) is 3.37. The van der Waals surface area contributed by atoms with Gasteiger partial charge in [0.25, 0.3) is 0 Å². The standard InChI is InChI=1S/C20H14F4N6.Pt/c1-19(2,14-6-4-8-18(26-14)30-12-10-16(21)28-30)13-5-3-7-17(25-13)29-11-9-15(27-29)20(22,23)24;/h3-10H,1-2H3;/q-2;+2. The van der Waals surface area contributed by atoms with Crippen LogP contribution in [0.5, 0.6) is 0 Å². The molecule has 0 aliphatic carbocycles. The summed E-state index contributed by atoms with van der Waals surface area (Å²) in [5.74, 6) is -0.116. The van der Waals surface area contributed by atoms with Gasteiger partial charge in [0.1, 0.15) is 5.95 Å². The summed E-state index contributed by atoms with van der Waals surface area (Å²) in [5, 5.41) is 7.17. The van der Waals surface area contributed by atoms with Crippen LogP contribution in [0.3, 0.4) is 0 Å². The van der Waals surface area contributed by atoms with Crippen LogP contribution in [0.4, 0.5) is 17.6 Å². The molecule has 4 aromatic rings. The van der Waals surface area contributed by atoms with Gasteiger partial charge in [-0.2, -0.15) is 13.2 Å². The molecule has 0 saturated carbocycles. The first-order valence-electron chi connectivity index (χ1n) is 8.78. The first kappa shape index (κ1) is 22.8. The molecular formula is C20H14F4N6Pt. The number of aromatic nitrogens is 6. The van der Waals surface area contributed by atoms with Gasteiger partial charge in [0, 0.05) is 16.8 Å². The molecule has 0 atom stereocenters. The van der Waals surface area contributed by atoms with Gasteiger partial charge in [0.05, 0.1) is 17.3 Å². The Balaban J connectivity index is 0.00000272. The second-order valence-corrected chi connectivity index (χ2v) is 6.96. The summed E-state index contributed by atoms with van der Waals surface area (Å²) in [6, 6.07) is 12.0. The van der Waals surface area contributed by atoms with Crippen LogP contribution >= 0.6 is 0 Å². The molecule has 0 bridgehead atoms. The van der Waals surface area contributed by atoms with Crippen LogP contribution in [-0.2, 0) is 32.7 Å². The van der Waals surface area contributed by atoms with Crippen LogP contribution in [0, 0.1) is 18.3 Å². The average molecular weight is 609 g/mol. The second-order valence-electron chi connectivity index (χ2n) is 6.96. The molecule has 11 heteroatoms. The fourth-order valence-electron chi connectivity index (χ4n) is 2.84. The Hall–Kier alpha value is -2.87. The van der Waals surface area contributed by atoms with Crippen molar-refractivity contribution in [1.29, 1.82) is 0 Å². The Labute approximate surface area is 189 Å². The van der Waals surface area contributed by atoms with Crippen molar-refractivity contribution in [2.75, 3.05) is 0 Å². The molecule has 4 aromatic heterocycles. The minimum absolute atomic E-state index is 0. The van der Waals surface area contributed by atoms with Gasteiger partial charge in [0.2, 0.25) is 0 Å². The molecule has 0 aliphatic heterocycles. The maximum atomic E-state index is 13.2. The van der Waals surface area contributed by atoms with Gasteiger partial charge in [0.15, 0.2) is 0 Å². The zero-order chi connectivity index (χ0) is 21.5. The molecule has 0 spiro atoms. The Morgan fingerprint density at radius 1 is 0.774 bits per heavy atom. The van der Waals surface area contributed by atoms with E-state index in [1.165, 1.54) is 10.7 Å². The van der Waals surface area contributed by atoms with Crippen LogP contribution in [0.25, 0.3) is 11.6 Å². The molecular weight excluding hydrogens is 595 g/mol. The zero-order valence-electron chi connectivity index (χ0n) is 16.1. The zero-order valence-corrected chi connectivity index (χ0v) is 18.4. The molecule has 0 N–H and O–H groups in total. The van der Waals surface area contributed by atoms with Gasteiger partial charge in [-0.05, 0) is 26.0 Å². The number of alkyl halides is 3. The molecule has 4 rings (SSSR count). The molecule has 0 saturated heterocycles. The van der Waals surface area contributed by atoms with Crippen LogP contribution in [0.1, 0.15) is 30.9 Å². The Morgan fingerprint density at radius 3 is 1.74 bits per heavy atom. The van der Waals surface area contributed by atoms with E-state index in [2.05, 4.69) is 32.6 Å². The molecule has 31 heavy (non-hydrogen) atoms. The topological polar surface area (TPSA) is 61.4 Å². The molecule has 0 amide bonds. The van der Waals surface area contributed by atoms with E-state index >= 15 is 0 Å². The normalized spacial score (nSPS) is 11.9. The monoisotopic (exact) mass is 609 g/mol. The van der Waals surface area contributed by atoms with Gasteiger partial charge >= 0.3 is 27.2 Å². The van der Waals surface area contributed by atoms with Crippen molar-refractivity contribution in [1.82, 2.24) is 29.5 Å². The summed E-state index contributed by atoms with van der Waals surface area (Å²) in [4.78, 5) is 8.99. The third kappa shape index (κ3) is 4.58. The fourth-order valence-corrected chi connectivity index (χ4v) is 2.84. The molecule has 0 radical (unpaired) electrons. The number of nitrogens with zero attached hydrogens (tertiary/aromatic N) is 6. The minimum Gasteiger partial charge on any atom is -0.343 e. The van der Waals surface area contributed by atoms with E-state index in [0.717, 1.165) is 16.8 Å². The van der Waals surface area contributed by atoms with Crippen molar-refractivity contribution in [2.24, 2.45) is 0 Å². The van der Waals surface area contributed by atoms with Crippen molar-refractivity contribution < 1.29 is 38.6 Å². The minimum atomic E-state index is -4.56. The first-order chi connectivity index (χ1) is 14.1. The number of hydrogen-bond donors (Lipinski definition) is 0. The predicted octanol–water partition coefficient (Wildman–Crippen LogP) is 3.93. The maximum absolute atomic E-state index is 13.2. The molecule has 0 aliphatic rings. The van der Waals surface area contributed by atoms with Gasteiger partial charge in [-0.1, -0.05) is 36.7 Å². The van der Waals surface area contributed by atoms with E-state index in [1.807, 2.05) is 13.8 Å². The fraction of sp³-hybridized carbons (Fsp3) is 0.200. The SMILES string of the molecule is CC(C)(c1cccc(-n2[c-]cc(F)n2)n1)c1cccc(-n2[c-]cc(C(F)(F)F)n2)n1.[Pt+2]. The molecule has 6 nitrogen and oxygen atoms in total. The maximum Gasteiger partial charge on any atom is 2.00 e. The first-order valence-corrected chi connectivity index (χ1v) is 8.78. The summed E-state index contributed by atoms with van der Waals surface area (Å²) in [5.41, 5.74) is -0.615. The Morgan fingerprint density at radius 2 is 1.29 bits per heavy atom. The smallest absolute Gasteiger partial charge is 0.343 e. The molecule has 162 valence electrons. The van der Waals surface area contributed by atoms with E-state index in [4.69, 9.17) is 0 Å².